The number of aromatic nitrogens is 2. The Bertz CT molecular complexity index is 484. The fourth-order valence-corrected chi connectivity index (χ4v) is 1.67. The lowest BCUT2D eigenvalue weighted by Gasteiger charge is -2.04. The van der Waals surface area contributed by atoms with Crippen molar-refractivity contribution in [1.82, 2.24) is 10.1 Å². The minimum atomic E-state index is -0.125. The number of aryl methyl sites for hydroxylation is 1. The van der Waals surface area contributed by atoms with E-state index < -0.39 is 0 Å². The van der Waals surface area contributed by atoms with Crippen molar-refractivity contribution in [3.63, 3.8) is 0 Å². The summed E-state index contributed by atoms with van der Waals surface area (Å²) in [5.74, 6) is 1.27. The van der Waals surface area contributed by atoms with E-state index in [0.29, 0.717) is 11.7 Å². The van der Waals surface area contributed by atoms with Crippen molar-refractivity contribution in [2.75, 3.05) is 19.0 Å². The number of nitrogens with one attached hydrogen (secondary N) is 1. The Morgan fingerprint density at radius 1 is 1.32 bits per heavy atom. The van der Waals surface area contributed by atoms with E-state index in [1.165, 1.54) is 0 Å². The van der Waals surface area contributed by atoms with Gasteiger partial charge in [0, 0.05) is 25.8 Å². The monoisotopic (exact) mass is 261 g/mol. The summed E-state index contributed by atoms with van der Waals surface area (Å²) in [6.45, 7) is 2.77. The molecule has 5 nitrogen and oxygen atoms in total. The number of ether oxygens (including phenoxy) is 1. The molecule has 0 amide bonds. The quantitative estimate of drug-likeness (QED) is 0.777. The number of anilines is 1. The number of nitrogens with zero attached hydrogens (tertiary/aromatic N) is 2. The lowest BCUT2D eigenvalue weighted by Crippen LogP contribution is -2.03. The standard InChI is InChI=1S/C14H19N3O2/c1-11(18-2)14-16-13(19-17-14)9-6-10-15-12-7-4-3-5-8-12/h3-5,7-8,11,15H,6,9-10H2,1-2H3. The first-order valence-corrected chi connectivity index (χ1v) is 6.44. The van der Waals surface area contributed by atoms with Crippen molar-refractivity contribution in [2.24, 2.45) is 0 Å². The van der Waals surface area contributed by atoms with E-state index in [-0.39, 0.29) is 6.10 Å². The maximum Gasteiger partial charge on any atom is 0.226 e. The molecule has 1 atom stereocenters. The van der Waals surface area contributed by atoms with Crippen LogP contribution in [0.3, 0.4) is 0 Å². The highest BCUT2D eigenvalue weighted by Crippen LogP contribution is 2.12. The zero-order chi connectivity index (χ0) is 13.5. The van der Waals surface area contributed by atoms with Gasteiger partial charge in [-0.15, -0.1) is 0 Å². The first-order valence-electron chi connectivity index (χ1n) is 6.44. The molecular formula is C14H19N3O2. The molecule has 0 radical (unpaired) electrons. The van der Waals surface area contributed by atoms with Gasteiger partial charge in [-0.25, -0.2) is 0 Å². The van der Waals surface area contributed by atoms with Crippen molar-refractivity contribution in [1.29, 1.82) is 0 Å². The highest BCUT2D eigenvalue weighted by Gasteiger charge is 2.12. The molecule has 2 rings (SSSR count). The summed E-state index contributed by atoms with van der Waals surface area (Å²) < 4.78 is 10.3. The minimum Gasteiger partial charge on any atom is -0.385 e. The molecule has 0 spiro atoms. The van der Waals surface area contributed by atoms with Gasteiger partial charge in [0.05, 0.1) is 0 Å². The summed E-state index contributed by atoms with van der Waals surface area (Å²) in [5.41, 5.74) is 1.13. The summed E-state index contributed by atoms with van der Waals surface area (Å²) in [6.07, 6.45) is 1.58. The summed E-state index contributed by atoms with van der Waals surface area (Å²) in [4.78, 5) is 4.30. The van der Waals surface area contributed by atoms with E-state index in [4.69, 9.17) is 9.26 Å². The average molecular weight is 261 g/mol. The topological polar surface area (TPSA) is 60.2 Å². The van der Waals surface area contributed by atoms with E-state index in [0.717, 1.165) is 25.1 Å². The maximum absolute atomic E-state index is 5.17. The molecule has 5 heteroatoms. The van der Waals surface area contributed by atoms with Crippen molar-refractivity contribution < 1.29 is 9.26 Å². The first-order chi connectivity index (χ1) is 9.29. The van der Waals surface area contributed by atoms with Crippen LogP contribution in [0.5, 0.6) is 0 Å². The second kappa shape index (κ2) is 6.89. The van der Waals surface area contributed by atoms with Crippen LogP contribution in [0, 0.1) is 0 Å². The summed E-state index contributed by atoms with van der Waals surface area (Å²) >= 11 is 0. The van der Waals surface area contributed by atoms with Crippen LogP contribution in [0.25, 0.3) is 0 Å². The third kappa shape index (κ3) is 4.06. The van der Waals surface area contributed by atoms with Crippen LogP contribution >= 0.6 is 0 Å². The third-order valence-electron chi connectivity index (χ3n) is 2.87. The Morgan fingerprint density at radius 3 is 2.84 bits per heavy atom. The number of hydrogen-bond donors (Lipinski definition) is 1. The van der Waals surface area contributed by atoms with Crippen molar-refractivity contribution >= 4 is 5.69 Å². The molecule has 19 heavy (non-hydrogen) atoms. The maximum atomic E-state index is 5.17. The van der Waals surface area contributed by atoms with Crippen LogP contribution < -0.4 is 5.32 Å². The molecule has 1 aromatic carbocycles. The van der Waals surface area contributed by atoms with Crippen molar-refractivity contribution in [3.8, 4) is 0 Å². The predicted molar refractivity (Wildman–Crippen MR) is 73.0 cm³/mol. The van der Waals surface area contributed by atoms with E-state index in [1.807, 2.05) is 37.3 Å². The van der Waals surface area contributed by atoms with Crippen LogP contribution in [-0.4, -0.2) is 23.8 Å². The molecule has 1 unspecified atom stereocenters. The molecule has 102 valence electrons. The number of rotatable bonds is 7. The Hall–Kier alpha value is -1.88. The van der Waals surface area contributed by atoms with E-state index >= 15 is 0 Å². The summed E-state index contributed by atoms with van der Waals surface area (Å²) in [7, 11) is 1.63. The zero-order valence-corrected chi connectivity index (χ0v) is 11.3. The molecule has 1 N–H and O–H groups in total. The fourth-order valence-electron chi connectivity index (χ4n) is 1.67. The fraction of sp³-hybridized carbons (Fsp3) is 0.429. The SMILES string of the molecule is COC(C)c1noc(CCCNc2ccccc2)n1. The average Bonchev–Trinajstić information content (AvgIpc) is 2.93. The number of methoxy groups -OCH3 is 1. The number of benzene rings is 1. The van der Waals surface area contributed by atoms with Crippen LogP contribution in [0.1, 0.15) is 31.2 Å². The molecule has 0 saturated carbocycles. The van der Waals surface area contributed by atoms with Gasteiger partial charge in [-0.05, 0) is 25.5 Å². The van der Waals surface area contributed by atoms with E-state index in [9.17, 15) is 0 Å². The second-order valence-electron chi connectivity index (χ2n) is 4.32. The molecular weight excluding hydrogens is 242 g/mol. The molecule has 0 fully saturated rings. The molecule has 0 bridgehead atoms. The highest BCUT2D eigenvalue weighted by atomic mass is 16.5. The van der Waals surface area contributed by atoms with Gasteiger partial charge < -0.3 is 14.6 Å². The van der Waals surface area contributed by atoms with Crippen molar-refractivity contribution in [2.45, 2.75) is 25.9 Å². The lowest BCUT2D eigenvalue weighted by atomic mass is 10.3. The van der Waals surface area contributed by atoms with Crippen LogP contribution in [0.2, 0.25) is 0 Å². The summed E-state index contributed by atoms with van der Waals surface area (Å²) in [5, 5.41) is 7.23. The molecule has 1 aromatic heterocycles. The highest BCUT2D eigenvalue weighted by molar-refractivity contribution is 5.42. The molecule has 1 heterocycles. The number of hydrogen-bond acceptors (Lipinski definition) is 5. The van der Waals surface area contributed by atoms with Gasteiger partial charge in [-0.3, -0.25) is 0 Å². The Morgan fingerprint density at radius 2 is 2.11 bits per heavy atom. The third-order valence-corrected chi connectivity index (χ3v) is 2.87. The Labute approximate surface area is 113 Å². The number of para-hydroxylation sites is 1. The second-order valence-corrected chi connectivity index (χ2v) is 4.32. The van der Waals surface area contributed by atoms with Crippen LogP contribution in [0.15, 0.2) is 34.9 Å². The van der Waals surface area contributed by atoms with Crippen LogP contribution in [-0.2, 0) is 11.2 Å². The Kier molecular flexibility index (Phi) is 4.92. The first kappa shape index (κ1) is 13.5. The van der Waals surface area contributed by atoms with Gasteiger partial charge in [0.2, 0.25) is 5.89 Å². The van der Waals surface area contributed by atoms with E-state index in [1.54, 1.807) is 7.11 Å². The molecule has 0 saturated heterocycles. The predicted octanol–water partition coefficient (Wildman–Crippen LogP) is 2.82. The van der Waals surface area contributed by atoms with Gasteiger partial charge in [0.15, 0.2) is 5.82 Å². The van der Waals surface area contributed by atoms with Crippen LogP contribution in [0.4, 0.5) is 5.69 Å². The van der Waals surface area contributed by atoms with Gasteiger partial charge in [-0.1, -0.05) is 23.4 Å². The minimum absolute atomic E-state index is 0.125. The Balaban J connectivity index is 1.72. The molecule has 2 aromatic rings. The van der Waals surface area contributed by atoms with Gasteiger partial charge in [0.25, 0.3) is 0 Å². The smallest absolute Gasteiger partial charge is 0.226 e. The van der Waals surface area contributed by atoms with Gasteiger partial charge in [-0.2, -0.15) is 4.98 Å². The zero-order valence-electron chi connectivity index (χ0n) is 11.3. The van der Waals surface area contributed by atoms with Crippen molar-refractivity contribution in [3.05, 3.63) is 42.0 Å². The largest absolute Gasteiger partial charge is 0.385 e. The molecule has 0 aliphatic heterocycles. The normalized spacial score (nSPS) is 12.3. The van der Waals surface area contributed by atoms with E-state index in [2.05, 4.69) is 15.5 Å². The lowest BCUT2D eigenvalue weighted by molar-refractivity contribution is 0.109. The summed E-state index contributed by atoms with van der Waals surface area (Å²) in [6, 6.07) is 10.1. The van der Waals surface area contributed by atoms with Gasteiger partial charge in [0.1, 0.15) is 6.10 Å². The van der Waals surface area contributed by atoms with Gasteiger partial charge >= 0.3 is 0 Å². The molecule has 0 aliphatic rings. The molecule has 0 aliphatic carbocycles.